The van der Waals surface area contributed by atoms with Gasteiger partial charge in [0, 0.05) is 0 Å². The van der Waals surface area contributed by atoms with E-state index in [1.54, 1.807) is 0 Å². The number of rotatable bonds is 3. The van der Waals surface area contributed by atoms with E-state index in [2.05, 4.69) is 77.8 Å². The van der Waals surface area contributed by atoms with Gasteiger partial charge in [0.25, 0.3) is 0 Å². The molecular formula is C15H19AsP+. The van der Waals surface area contributed by atoms with E-state index in [4.69, 9.17) is 0 Å². The second-order valence-electron chi connectivity index (χ2n) is 4.92. The van der Waals surface area contributed by atoms with E-state index in [1.165, 1.54) is 10.6 Å². The molecule has 0 radical (unpaired) electrons. The zero-order chi connectivity index (χ0) is 12.3. The fourth-order valence-corrected chi connectivity index (χ4v) is 15.0. The number of benzene rings is 2. The van der Waals surface area contributed by atoms with Gasteiger partial charge in [-0.25, -0.2) is 0 Å². The molecular weight excluding hydrogens is 286 g/mol. The molecule has 0 aliphatic heterocycles. The Morgan fingerprint density at radius 1 is 0.647 bits per heavy atom. The van der Waals surface area contributed by atoms with Crippen LogP contribution in [0, 0.1) is 0 Å². The second-order valence-corrected chi connectivity index (χ2v) is 23.5. The van der Waals surface area contributed by atoms with Crippen molar-refractivity contribution in [2.45, 2.75) is 17.1 Å². The average molecular weight is 305 g/mol. The molecule has 0 saturated carbocycles. The summed E-state index contributed by atoms with van der Waals surface area (Å²) in [5.41, 5.74) is 7.51. The predicted octanol–water partition coefficient (Wildman–Crippen LogP) is 3.95. The zero-order valence-electron chi connectivity index (χ0n) is 10.7. The summed E-state index contributed by atoms with van der Waals surface area (Å²) in [6, 6.07) is 22.1. The van der Waals surface area contributed by atoms with Gasteiger partial charge in [-0.1, -0.05) is 0 Å². The standard InChI is InChI=1S/C15H19AsP/c1-16(2,3)17(14-10-6-4-7-11-14)15-12-8-5-9-13-15/h4-13H,1-3H3/q+1. The van der Waals surface area contributed by atoms with Crippen molar-refractivity contribution in [2.75, 3.05) is 0 Å². The fraction of sp³-hybridized carbons (Fsp3) is 0.200. The van der Waals surface area contributed by atoms with Gasteiger partial charge in [-0.2, -0.15) is 0 Å². The van der Waals surface area contributed by atoms with Crippen LogP contribution in [0.1, 0.15) is 0 Å². The quantitative estimate of drug-likeness (QED) is 0.595. The van der Waals surface area contributed by atoms with Crippen LogP contribution in [0.4, 0.5) is 0 Å². The van der Waals surface area contributed by atoms with Gasteiger partial charge in [-0.05, 0) is 0 Å². The Kier molecular flexibility index (Phi) is 4.08. The first-order chi connectivity index (χ1) is 8.09. The molecule has 0 atom stereocenters. The summed E-state index contributed by atoms with van der Waals surface area (Å²) >= 11 is -1.56. The van der Waals surface area contributed by atoms with Crippen molar-refractivity contribution >= 4 is 30.2 Å². The number of hydrogen-bond acceptors (Lipinski definition) is 0. The second kappa shape index (κ2) is 5.38. The number of hydrogen-bond donors (Lipinski definition) is 0. The molecule has 0 aliphatic rings. The molecule has 2 rings (SSSR count). The van der Waals surface area contributed by atoms with Gasteiger partial charge in [-0.3, -0.25) is 0 Å². The minimum atomic E-state index is -1.56. The zero-order valence-corrected chi connectivity index (χ0v) is 13.4. The van der Waals surface area contributed by atoms with Gasteiger partial charge in [0.05, 0.1) is 0 Å². The molecule has 0 saturated heterocycles. The van der Waals surface area contributed by atoms with Crippen LogP contribution in [0.3, 0.4) is 0 Å². The monoisotopic (exact) mass is 305 g/mol. The van der Waals surface area contributed by atoms with Crippen LogP contribution in [0.15, 0.2) is 60.7 Å². The first kappa shape index (κ1) is 12.9. The molecule has 0 amide bonds. The molecule has 0 aliphatic carbocycles. The van der Waals surface area contributed by atoms with Crippen molar-refractivity contribution in [1.82, 2.24) is 0 Å². The molecule has 0 heterocycles. The van der Waals surface area contributed by atoms with E-state index in [-0.39, 0.29) is 6.48 Å². The van der Waals surface area contributed by atoms with Gasteiger partial charge < -0.3 is 0 Å². The van der Waals surface area contributed by atoms with Gasteiger partial charge in [-0.15, -0.1) is 0 Å². The average Bonchev–Trinajstić information content (AvgIpc) is 2.30. The predicted molar refractivity (Wildman–Crippen MR) is 82.4 cm³/mol. The van der Waals surface area contributed by atoms with Crippen LogP contribution >= 0.6 is 6.48 Å². The third-order valence-corrected chi connectivity index (χ3v) is 15.8. The van der Waals surface area contributed by atoms with Crippen molar-refractivity contribution in [1.29, 1.82) is 0 Å². The van der Waals surface area contributed by atoms with E-state index in [9.17, 15) is 0 Å². The first-order valence-corrected chi connectivity index (χ1v) is 15.3. The molecule has 0 nitrogen and oxygen atoms in total. The Balaban J connectivity index is 2.48. The van der Waals surface area contributed by atoms with Crippen LogP contribution < -0.4 is 10.6 Å². The Morgan fingerprint density at radius 3 is 1.29 bits per heavy atom. The summed E-state index contributed by atoms with van der Waals surface area (Å²) in [5.74, 6) is 0. The third kappa shape index (κ3) is 3.21. The summed E-state index contributed by atoms with van der Waals surface area (Å²) in [6.07, 6.45) is 0. The molecule has 0 fully saturated rings. The SMILES string of the molecule is C[As+](C)(C)P(c1ccccc1)c1ccccc1. The van der Waals surface area contributed by atoms with Gasteiger partial charge in [0.15, 0.2) is 0 Å². The van der Waals surface area contributed by atoms with Crippen LogP contribution in [0.2, 0.25) is 17.1 Å². The van der Waals surface area contributed by atoms with Crippen LogP contribution in [-0.2, 0) is 0 Å². The van der Waals surface area contributed by atoms with Crippen LogP contribution in [-0.4, -0.2) is 13.1 Å². The summed E-state index contributed by atoms with van der Waals surface area (Å²) in [5, 5.41) is 3.07. The Bertz CT molecular complexity index is 420. The summed E-state index contributed by atoms with van der Waals surface area (Å²) in [4.78, 5) is 0. The molecule has 0 aromatic heterocycles. The Hall–Kier alpha value is -0.572. The summed E-state index contributed by atoms with van der Waals surface area (Å²) in [6.45, 7) is -0.120. The van der Waals surface area contributed by atoms with E-state index < -0.39 is 13.1 Å². The topological polar surface area (TPSA) is 0 Å². The molecule has 2 aromatic carbocycles. The molecule has 17 heavy (non-hydrogen) atoms. The molecule has 0 unspecified atom stereocenters. The third-order valence-electron chi connectivity index (χ3n) is 2.60. The first-order valence-electron chi connectivity index (χ1n) is 5.81. The van der Waals surface area contributed by atoms with Crippen molar-refractivity contribution in [3.8, 4) is 0 Å². The van der Waals surface area contributed by atoms with Crippen molar-refractivity contribution in [3.05, 3.63) is 60.7 Å². The van der Waals surface area contributed by atoms with Crippen molar-refractivity contribution in [2.24, 2.45) is 0 Å². The summed E-state index contributed by atoms with van der Waals surface area (Å²) in [7, 11) is 0. The van der Waals surface area contributed by atoms with E-state index in [0.717, 1.165) is 0 Å². The van der Waals surface area contributed by atoms with Gasteiger partial charge >= 0.3 is 108 Å². The molecule has 0 bridgehead atoms. The minimum absolute atomic E-state index is 0.120. The van der Waals surface area contributed by atoms with Crippen molar-refractivity contribution in [3.63, 3.8) is 0 Å². The van der Waals surface area contributed by atoms with Crippen LogP contribution in [0.5, 0.6) is 0 Å². The molecule has 2 aromatic rings. The normalized spacial score (nSPS) is 11.8. The molecule has 88 valence electrons. The Morgan fingerprint density at radius 2 is 1.00 bits per heavy atom. The summed E-state index contributed by atoms with van der Waals surface area (Å²) < 4.78 is 0. The molecule has 2 heteroatoms. The maximum absolute atomic E-state index is 2.50. The van der Waals surface area contributed by atoms with Crippen LogP contribution in [0.25, 0.3) is 0 Å². The van der Waals surface area contributed by atoms with E-state index >= 15 is 0 Å². The molecule has 0 N–H and O–H groups in total. The van der Waals surface area contributed by atoms with Crippen molar-refractivity contribution < 1.29 is 0 Å². The van der Waals surface area contributed by atoms with Gasteiger partial charge in [0.2, 0.25) is 0 Å². The molecule has 0 spiro atoms. The maximum atomic E-state index is 2.50. The van der Waals surface area contributed by atoms with Gasteiger partial charge in [0.1, 0.15) is 0 Å². The fourth-order valence-electron chi connectivity index (χ4n) is 1.98. The van der Waals surface area contributed by atoms with E-state index in [0.29, 0.717) is 0 Å². The van der Waals surface area contributed by atoms with E-state index in [1.807, 2.05) is 0 Å². The Labute approximate surface area is 108 Å².